The van der Waals surface area contributed by atoms with Gasteiger partial charge in [-0.2, -0.15) is 0 Å². The highest BCUT2D eigenvalue weighted by Gasteiger charge is 2.10. The van der Waals surface area contributed by atoms with Crippen molar-refractivity contribution in [2.45, 2.75) is 26.4 Å². The summed E-state index contributed by atoms with van der Waals surface area (Å²) in [7, 11) is 0. The molecular weight excluding hydrogens is 228 g/mol. The first-order valence-electron chi connectivity index (χ1n) is 5.95. The Morgan fingerprint density at radius 2 is 2.17 bits per heavy atom. The number of pyridine rings is 1. The summed E-state index contributed by atoms with van der Waals surface area (Å²) in [4.78, 5) is 20.3. The number of hydrogen-bond donors (Lipinski definition) is 1. The minimum Gasteiger partial charge on any atom is -0.357 e. The van der Waals surface area contributed by atoms with Crippen LogP contribution in [-0.2, 0) is 6.54 Å². The molecule has 0 radical (unpaired) electrons. The van der Waals surface area contributed by atoms with Gasteiger partial charge in [-0.15, -0.1) is 0 Å². The maximum Gasteiger partial charge on any atom is 0.293 e. The Bertz CT molecular complexity index is 565. The molecule has 1 atom stereocenters. The van der Waals surface area contributed by atoms with Crippen molar-refractivity contribution in [3.05, 3.63) is 52.8 Å². The van der Waals surface area contributed by atoms with Gasteiger partial charge in [0.25, 0.3) is 5.56 Å². The molecule has 0 amide bonds. The van der Waals surface area contributed by atoms with E-state index < -0.39 is 0 Å². The smallest absolute Gasteiger partial charge is 0.293 e. The molecule has 0 aliphatic rings. The molecule has 0 bridgehead atoms. The molecule has 2 aromatic rings. The van der Waals surface area contributed by atoms with Gasteiger partial charge in [0.15, 0.2) is 5.82 Å². The van der Waals surface area contributed by atoms with Gasteiger partial charge in [-0.05, 0) is 26.0 Å². The second-order valence-corrected chi connectivity index (χ2v) is 3.99. The van der Waals surface area contributed by atoms with Crippen LogP contribution in [-0.4, -0.2) is 14.5 Å². The molecule has 2 rings (SSSR count). The number of rotatable bonds is 4. The van der Waals surface area contributed by atoms with Crippen LogP contribution in [0.1, 0.15) is 25.6 Å². The molecule has 2 heterocycles. The first-order valence-corrected chi connectivity index (χ1v) is 5.95. The molecule has 5 nitrogen and oxygen atoms in total. The Labute approximate surface area is 106 Å². The molecule has 0 spiro atoms. The minimum absolute atomic E-state index is 0.0564. The molecular formula is C13H16N4O. The van der Waals surface area contributed by atoms with Crippen molar-refractivity contribution in [2.24, 2.45) is 0 Å². The largest absolute Gasteiger partial charge is 0.357 e. The van der Waals surface area contributed by atoms with Crippen molar-refractivity contribution in [3.63, 3.8) is 0 Å². The highest BCUT2D eigenvalue weighted by atomic mass is 16.1. The Balaban J connectivity index is 2.22. The number of aromatic nitrogens is 3. The minimum atomic E-state index is -0.109. The van der Waals surface area contributed by atoms with Gasteiger partial charge in [-0.25, -0.2) is 4.98 Å². The molecule has 1 unspecified atom stereocenters. The highest BCUT2D eigenvalue weighted by Crippen LogP contribution is 2.12. The number of aryl methyl sites for hydroxylation is 1. The van der Waals surface area contributed by atoms with E-state index in [1.165, 1.54) is 0 Å². The number of nitrogens with zero attached hydrogens (tertiary/aromatic N) is 3. The first kappa shape index (κ1) is 12.3. The fourth-order valence-corrected chi connectivity index (χ4v) is 1.71. The van der Waals surface area contributed by atoms with Crippen LogP contribution >= 0.6 is 0 Å². The van der Waals surface area contributed by atoms with E-state index >= 15 is 0 Å². The fourth-order valence-electron chi connectivity index (χ4n) is 1.71. The summed E-state index contributed by atoms with van der Waals surface area (Å²) in [6.07, 6.45) is 5.04. The van der Waals surface area contributed by atoms with E-state index in [-0.39, 0.29) is 11.6 Å². The van der Waals surface area contributed by atoms with E-state index in [0.717, 1.165) is 5.69 Å². The molecule has 0 saturated carbocycles. The summed E-state index contributed by atoms with van der Waals surface area (Å²) >= 11 is 0. The molecule has 0 aliphatic heterocycles. The van der Waals surface area contributed by atoms with Gasteiger partial charge < -0.3 is 9.88 Å². The molecule has 0 aliphatic carbocycles. The van der Waals surface area contributed by atoms with Crippen molar-refractivity contribution in [3.8, 4) is 0 Å². The number of nitrogens with one attached hydrogen (secondary N) is 1. The van der Waals surface area contributed by atoms with Gasteiger partial charge in [0, 0.05) is 25.1 Å². The van der Waals surface area contributed by atoms with Gasteiger partial charge in [0.2, 0.25) is 0 Å². The van der Waals surface area contributed by atoms with Crippen LogP contribution < -0.4 is 10.9 Å². The molecule has 1 N–H and O–H groups in total. The Morgan fingerprint density at radius 1 is 1.33 bits per heavy atom. The Morgan fingerprint density at radius 3 is 2.83 bits per heavy atom. The molecule has 0 aromatic carbocycles. The highest BCUT2D eigenvalue weighted by molar-refractivity contribution is 5.34. The maximum absolute atomic E-state index is 12.0. The second-order valence-electron chi connectivity index (χ2n) is 3.99. The van der Waals surface area contributed by atoms with E-state index in [2.05, 4.69) is 15.3 Å². The van der Waals surface area contributed by atoms with Crippen molar-refractivity contribution >= 4 is 5.82 Å². The second kappa shape index (κ2) is 5.44. The van der Waals surface area contributed by atoms with Gasteiger partial charge >= 0.3 is 0 Å². The normalized spacial score (nSPS) is 12.1. The van der Waals surface area contributed by atoms with Crippen molar-refractivity contribution in [1.82, 2.24) is 14.5 Å². The zero-order chi connectivity index (χ0) is 13.0. The van der Waals surface area contributed by atoms with Gasteiger partial charge in [0.1, 0.15) is 0 Å². The lowest BCUT2D eigenvalue weighted by Crippen LogP contribution is -2.25. The molecule has 18 heavy (non-hydrogen) atoms. The van der Waals surface area contributed by atoms with Crippen LogP contribution in [0.4, 0.5) is 5.82 Å². The summed E-state index contributed by atoms with van der Waals surface area (Å²) in [5.74, 6) is 0.359. The third kappa shape index (κ3) is 2.56. The zero-order valence-corrected chi connectivity index (χ0v) is 10.5. The first-order chi connectivity index (χ1) is 8.72. The van der Waals surface area contributed by atoms with Gasteiger partial charge in [0.05, 0.1) is 11.7 Å². The summed E-state index contributed by atoms with van der Waals surface area (Å²) in [6.45, 7) is 4.51. The van der Waals surface area contributed by atoms with Crippen molar-refractivity contribution in [2.75, 3.05) is 5.32 Å². The Hall–Kier alpha value is -2.17. The van der Waals surface area contributed by atoms with E-state index in [9.17, 15) is 4.79 Å². The lowest BCUT2D eigenvalue weighted by Gasteiger charge is -2.14. The van der Waals surface area contributed by atoms with Crippen molar-refractivity contribution < 1.29 is 0 Å². The fraction of sp³-hybridized carbons (Fsp3) is 0.308. The topological polar surface area (TPSA) is 59.8 Å². The van der Waals surface area contributed by atoms with Crippen LogP contribution in [0.2, 0.25) is 0 Å². The average molecular weight is 244 g/mol. The van der Waals surface area contributed by atoms with Crippen LogP contribution in [0.5, 0.6) is 0 Å². The predicted molar refractivity (Wildman–Crippen MR) is 70.4 cm³/mol. The Kier molecular flexibility index (Phi) is 3.72. The quantitative estimate of drug-likeness (QED) is 0.891. The van der Waals surface area contributed by atoms with Crippen LogP contribution in [0, 0.1) is 0 Å². The molecule has 2 aromatic heterocycles. The molecule has 0 saturated heterocycles. The van der Waals surface area contributed by atoms with Crippen LogP contribution in [0.15, 0.2) is 41.6 Å². The van der Waals surface area contributed by atoms with Crippen molar-refractivity contribution in [1.29, 1.82) is 0 Å². The summed E-state index contributed by atoms with van der Waals surface area (Å²) < 4.78 is 1.61. The number of anilines is 1. The molecule has 94 valence electrons. The molecule has 0 fully saturated rings. The van der Waals surface area contributed by atoms with Crippen LogP contribution in [0.3, 0.4) is 0 Å². The van der Waals surface area contributed by atoms with E-state index in [4.69, 9.17) is 0 Å². The SMILES string of the molecule is CCn1ccnc(NC(C)c2ccccn2)c1=O. The average Bonchev–Trinajstić information content (AvgIpc) is 2.42. The summed E-state index contributed by atoms with van der Waals surface area (Å²) in [6, 6.07) is 5.64. The van der Waals surface area contributed by atoms with Crippen LogP contribution in [0.25, 0.3) is 0 Å². The van der Waals surface area contributed by atoms with E-state index in [0.29, 0.717) is 12.4 Å². The van der Waals surface area contributed by atoms with E-state index in [1.807, 2.05) is 32.0 Å². The predicted octanol–water partition coefficient (Wildman–Crippen LogP) is 1.83. The molecule has 5 heteroatoms. The monoisotopic (exact) mass is 244 g/mol. The van der Waals surface area contributed by atoms with Gasteiger partial charge in [-0.1, -0.05) is 6.07 Å². The maximum atomic E-state index is 12.0. The third-order valence-electron chi connectivity index (χ3n) is 2.74. The zero-order valence-electron chi connectivity index (χ0n) is 10.5. The lowest BCUT2D eigenvalue weighted by molar-refractivity contribution is 0.712. The summed E-state index contributed by atoms with van der Waals surface area (Å²) in [5.41, 5.74) is 0.772. The third-order valence-corrected chi connectivity index (χ3v) is 2.74. The summed E-state index contributed by atoms with van der Waals surface area (Å²) in [5, 5.41) is 3.09. The standard InChI is InChI=1S/C13H16N4O/c1-3-17-9-8-15-12(13(17)18)16-10(2)11-6-4-5-7-14-11/h4-10H,3H2,1-2H3,(H,15,16). The van der Waals surface area contributed by atoms with E-state index in [1.54, 1.807) is 23.2 Å². The lowest BCUT2D eigenvalue weighted by atomic mass is 10.2. The van der Waals surface area contributed by atoms with Gasteiger partial charge in [-0.3, -0.25) is 9.78 Å². The number of hydrogen-bond acceptors (Lipinski definition) is 4.